The Morgan fingerprint density at radius 1 is 1.25 bits per heavy atom. The van der Waals surface area contributed by atoms with Crippen molar-refractivity contribution in [2.75, 3.05) is 32.7 Å². The number of carbonyl (C=O) groups is 1. The molecule has 1 aliphatic heterocycles. The Bertz CT molecular complexity index is 300. The molecule has 5 heteroatoms. The zero-order chi connectivity index (χ0) is 12.0. The van der Waals surface area contributed by atoms with Crippen molar-refractivity contribution in [1.82, 2.24) is 9.80 Å². The van der Waals surface area contributed by atoms with Gasteiger partial charge in [-0.3, -0.25) is 4.79 Å². The van der Waals surface area contributed by atoms with E-state index in [1.807, 2.05) is 0 Å². The second-order valence-electron chi connectivity index (χ2n) is 4.94. The summed E-state index contributed by atoms with van der Waals surface area (Å²) in [5, 5.41) is 0. The fourth-order valence-corrected chi connectivity index (χ4v) is 2.25. The molecule has 0 unspecified atom stereocenters. The van der Waals surface area contributed by atoms with Crippen LogP contribution in [0.4, 0.5) is 8.78 Å². The first-order valence-corrected chi connectivity index (χ1v) is 5.80. The Morgan fingerprint density at radius 3 is 2.12 bits per heavy atom. The van der Waals surface area contributed by atoms with Crippen molar-refractivity contribution in [3.05, 3.63) is 0 Å². The van der Waals surface area contributed by atoms with Crippen LogP contribution in [0, 0.1) is 5.41 Å². The lowest BCUT2D eigenvalue weighted by Gasteiger charge is -2.35. The lowest BCUT2D eigenvalue weighted by Crippen LogP contribution is -2.51. The van der Waals surface area contributed by atoms with Crippen molar-refractivity contribution in [3.8, 4) is 0 Å². The highest BCUT2D eigenvalue weighted by molar-refractivity contribution is 5.87. The van der Waals surface area contributed by atoms with Gasteiger partial charge in [0.05, 0.1) is 0 Å². The summed E-state index contributed by atoms with van der Waals surface area (Å²) in [6.45, 7) is 7.15. The molecule has 92 valence electrons. The molecule has 0 aromatic rings. The van der Waals surface area contributed by atoms with Gasteiger partial charge in [0.1, 0.15) is 5.41 Å². The fraction of sp³-hybridized carbons (Fsp3) is 0.909. The maximum absolute atomic E-state index is 13.1. The van der Waals surface area contributed by atoms with Crippen LogP contribution in [0.15, 0.2) is 0 Å². The minimum atomic E-state index is -2.79. The Labute approximate surface area is 94.4 Å². The van der Waals surface area contributed by atoms with E-state index in [4.69, 9.17) is 0 Å². The lowest BCUT2D eigenvalue weighted by molar-refractivity contribution is -0.141. The number of alkyl halides is 2. The minimum absolute atomic E-state index is 0.285. The third-order valence-electron chi connectivity index (χ3n) is 3.84. The van der Waals surface area contributed by atoms with E-state index in [0.29, 0.717) is 13.1 Å². The molecule has 0 aromatic heterocycles. The third kappa shape index (κ3) is 1.71. The van der Waals surface area contributed by atoms with E-state index < -0.39 is 11.3 Å². The zero-order valence-corrected chi connectivity index (χ0v) is 9.80. The first-order chi connectivity index (χ1) is 7.40. The van der Waals surface area contributed by atoms with Crippen LogP contribution < -0.4 is 0 Å². The molecule has 0 radical (unpaired) electrons. The molecule has 1 aliphatic carbocycles. The normalized spacial score (nSPS) is 33.9. The maximum atomic E-state index is 13.1. The molecule has 1 atom stereocenters. The van der Waals surface area contributed by atoms with Gasteiger partial charge in [0.25, 0.3) is 5.92 Å². The van der Waals surface area contributed by atoms with Crippen LogP contribution in [0.2, 0.25) is 0 Å². The average Bonchev–Trinajstić information content (AvgIpc) is 2.79. The number of piperazine rings is 1. The summed E-state index contributed by atoms with van der Waals surface area (Å²) in [5.74, 6) is -3.15. The number of nitrogens with zero attached hydrogens (tertiary/aromatic N) is 2. The Balaban J connectivity index is 1.93. The lowest BCUT2D eigenvalue weighted by atomic mass is 10.1. The van der Waals surface area contributed by atoms with E-state index in [0.717, 1.165) is 19.6 Å². The molecule has 2 fully saturated rings. The predicted octanol–water partition coefficient (Wildman–Crippen LogP) is 1.20. The summed E-state index contributed by atoms with van der Waals surface area (Å²) in [5.41, 5.74) is -1.42. The van der Waals surface area contributed by atoms with Gasteiger partial charge in [-0.25, -0.2) is 8.78 Å². The van der Waals surface area contributed by atoms with Gasteiger partial charge in [0, 0.05) is 32.6 Å². The van der Waals surface area contributed by atoms with Crippen LogP contribution in [0.5, 0.6) is 0 Å². The molecule has 16 heavy (non-hydrogen) atoms. The number of carbonyl (C=O) groups excluding carboxylic acids is 1. The molecule has 2 rings (SSSR count). The van der Waals surface area contributed by atoms with Gasteiger partial charge in [-0.2, -0.15) is 0 Å². The van der Waals surface area contributed by atoms with Gasteiger partial charge >= 0.3 is 0 Å². The molecule has 1 saturated carbocycles. The summed E-state index contributed by atoms with van der Waals surface area (Å²) in [6, 6.07) is 0. The number of likely N-dealkylation sites (N-methyl/N-ethyl adjacent to an activating group) is 1. The SMILES string of the molecule is CCN1CCN(C(=O)[C@@]2(C)CC2(F)F)CC1. The van der Waals surface area contributed by atoms with Gasteiger partial charge in [-0.1, -0.05) is 6.92 Å². The summed E-state index contributed by atoms with van der Waals surface area (Å²) >= 11 is 0. The Kier molecular flexibility index (Phi) is 2.69. The van der Waals surface area contributed by atoms with E-state index in [1.54, 1.807) is 4.90 Å². The predicted molar refractivity (Wildman–Crippen MR) is 56.4 cm³/mol. The van der Waals surface area contributed by atoms with Gasteiger partial charge < -0.3 is 9.80 Å². The van der Waals surface area contributed by atoms with Crippen LogP contribution in [0.3, 0.4) is 0 Å². The molecule has 0 bridgehead atoms. The van der Waals surface area contributed by atoms with Crippen molar-refractivity contribution in [1.29, 1.82) is 0 Å². The van der Waals surface area contributed by atoms with Crippen molar-refractivity contribution >= 4 is 5.91 Å². The number of hydrogen-bond donors (Lipinski definition) is 0. The highest BCUT2D eigenvalue weighted by Crippen LogP contribution is 2.61. The Morgan fingerprint density at radius 2 is 1.75 bits per heavy atom. The van der Waals surface area contributed by atoms with Crippen molar-refractivity contribution in [2.45, 2.75) is 26.2 Å². The van der Waals surface area contributed by atoms with Crippen molar-refractivity contribution < 1.29 is 13.6 Å². The largest absolute Gasteiger partial charge is 0.339 e. The van der Waals surface area contributed by atoms with Gasteiger partial charge in [0.2, 0.25) is 5.91 Å². The number of rotatable bonds is 2. The highest BCUT2D eigenvalue weighted by Gasteiger charge is 2.73. The quantitative estimate of drug-likeness (QED) is 0.714. The molecule has 1 saturated heterocycles. The number of hydrogen-bond acceptors (Lipinski definition) is 2. The van der Waals surface area contributed by atoms with Crippen LogP contribution in [0.1, 0.15) is 20.3 Å². The Hall–Kier alpha value is -0.710. The topological polar surface area (TPSA) is 23.6 Å². The molecule has 2 aliphatic rings. The molecule has 0 N–H and O–H groups in total. The zero-order valence-electron chi connectivity index (χ0n) is 9.80. The third-order valence-corrected chi connectivity index (χ3v) is 3.84. The monoisotopic (exact) mass is 232 g/mol. The van der Waals surface area contributed by atoms with Crippen LogP contribution in [-0.4, -0.2) is 54.4 Å². The van der Waals surface area contributed by atoms with Gasteiger partial charge in [-0.15, -0.1) is 0 Å². The summed E-state index contributed by atoms with van der Waals surface area (Å²) in [4.78, 5) is 15.7. The molecule has 1 heterocycles. The van der Waals surface area contributed by atoms with Crippen molar-refractivity contribution in [3.63, 3.8) is 0 Å². The van der Waals surface area contributed by atoms with Crippen LogP contribution >= 0.6 is 0 Å². The molecule has 0 spiro atoms. The molecule has 1 amide bonds. The van der Waals surface area contributed by atoms with Crippen molar-refractivity contribution in [2.24, 2.45) is 5.41 Å². The standard InChI is InChI=1S/C11H18F2N2O/c1-3-14-4-6-15(7-5-14)9(16)10(2)8-11(10,12)13/h3-8H2,1-2H3/t10-/m1/s1. The number of amides is 1. The van der Waals surface area contributed by atoms with Crippen LogP contribution in [0.25, 0.3) is 0 Å². The summed E-state index contributed by atoms with van der Waals surface area (Å²) in [7, 11) is 0. The molecule has 3 nitrogen and oxygen atoms in total. The average molecular weight is 232 g/mol. The summed E-state index contributed by atoms with van der Waals surface area (Å²) < 4.78 is 26.1. The molecule has 0 aromatic carbocycles. The van der Waals surface area contributed by atoms with Crippen LogP contribution in [-0.2, 0) is 4.79 Å². The van der Waals surface area contributed by atoms with E-state index in [1.165, 1.54) is 6.92 Å². The summed E-state index contributed by atoms with van der Waals surface area (Å²) in [6.07, 6.45) is -0.285. The first kappa shape index (κ1) is 11.8. The van der Waals surface area contributed by atoms with E-state index in [2.05, 4.69) is 11.8 Å². The second kappa shape index (κ2) is 3.65. The van der Waals surface area contributed by atoms with Gasteiger partial charge in [-0.05, 0) is 13.5 Å². The van der Waals surface area contributed by atoms with E-state index >= 15 is 0 Å². The maximum Gasteiger partial charge on any atom is 0.263 e. The van der Waals surface area contributed by atoms with Gasteiger partial charge in [0.15, 0.2) is 0 Å². The fourth-order valence-electron chi connectivity index (χ4n) is 2.25. The minimum Gasteiger partial charge on any atom is -0.339 e. The molecular formula is C11H18F2N2O. The highest BCUT2D eigenvalue weighted by atomic mass is 19.3. The molecular weight excluding hydrogens is 214 g/mol. The van der Waals surface area contributed by atoms with E-state index in [9.17, 15) is 13.6 Å². The first-order valence-electron chi connectivity index (χ1n) is 5.80. The second-order valence-corrected chi connectivity index (χ2v) is 4.94. The number of halogens is 2. The smallest absolute Gasteiger partial charge is 0.263 e. The van der Waals surface area contributed by atoms with E-state index in [-0.39, 0.29) is 12.3 Å².